The largest absolute Gasteiger partial charge is 0.450 e. The lowest BCUT2D eigenvalue weighted by Gasteiger charge is -2.16. The fourth-order valence-corrected chi connectivity index (χ4v) is 3.68. The van der Waals surface area contributed by atoms with Crippen molar-refractivity contribution in [1.29, 1.82) is 0 Å². The lowest BCUT2D eigenvalue weighted by atomic mass is 9.91. The van der Waals surface area contributed by atoms with Gasteiger partial charge >= 0.3 is 5.97 Å². The summed E-state index contributed by atoms with van der Waals surface area (Å²) in [5.41, 5.74) is 3.87. The van der Waals surface area contributed by atoms with E-state index in [2.05, 4.69) is 26.0 Å². The Morgan fingerprint density at radius 3 is 2.67 bits per heavy atom. The van der Waals surface area contributed by atoms with Gasteiger partial charge in [-0.1, -0.05) is 17.2 Å². The van der Waals surface area contributed by atoms with Gasteiger partial charge in [0.15, 0.2) is 0 Å². The standard InChI is InChI=1S/C20H28O4/c1-12-5-8-15-14(3)19(22)23-16(15)11-13(2)7-10-18-20(4,24-18)17(21)9-6-12/h6,11,16-18,21H,5,7-10H2,1-4H3/b12-6+,13-11+/t16-,17-,18+,20+/m0/s1. The van der Waals surface area contributed by atoms with E-state index in [1.54, 1.807) is 0 Å². The summed E-state index contributed by atoms with van der Waals surface area (Å²) in [6, 6.07) is 0. The number of esters is 1. The average molecular weight is 332 g/mol. The average Bonchev–Trinajstić information content (AvgIpc) is 3.13. The minimum Gasteiger partial charge on any atom is -0.450 e. The molecule has 0 radical (unpaired) electrons. The van der Waals surface area contributed by atoms with E-state index in [9.17, 15) is 9.90 Å². The maximum atomic E-state index is 11.9. The van der Waals surface area contributed by atoms with Crippen molar-refractivity contribution >= 4 is 5.97 Å². The summed E-state index contributed by atoms with van der Waals surface area (Å²) >= 11 is 0. The Morgan fingerprint density at radius 2 is 1.92 bits per heavy atom. The van der Waals surface area contributed by atoms with Crippen LogP contribution in [0.3, 0.4) is 0 Å². The Kier molecular flexibility index (Phi) is 4.71. The second kappa shape index (κ2) is 6.49. The first-order valence-electron chi connectivity index (χ1n) is 8.90. The molecule has 0 amide bonds. The van der Waals surface area contributed by atoms with E-state index in [0.717, 1.165) is 36.8 Å². The number of carbonyl (C=O) groups excluding carboxylic acids is 1. The molecule has 4 heteroatoms. The number of rotatable bonds is 0. The second-order valence-corrected chi connectivity index (χ2v) is 7.62. The van der Waals surface area contributed by atoms with E-state index in [1.807, 2.05) is 13.8 Å². The van der Waals surface area contributed by atoms with Gasteiger partial charge in [-0.2, -0.15) is 0 Å². The highest BCUT2D eigenvalue weighted by atomic mass is 16.6. The smallest absolute Gasteiger partial charge is 0.334 e. The topological polar surface area (TPSA) is 59.1 Å². The van der Waals surface area contributed by atoms with Gasteiger partial charge in [-0.3, -0.25) is 0 Å². The Balaban J connectivity index is 1.83. The number of epoxide rings is 1. The van der Waals surface area contributed by atoms with E-state index in [4.69, 9.17) is 9.47 Å². The number of allylic oxidation sites excluding steroid dienone is 2. The molecule has 2 aliphatic heterocycles. The zero-order valence-electron chi connectivity index (χ0n) is 15.1. The van der Waals surface area contributed by atoms with Crippen molar-refractivity contribution in [2.45, 2.75) is 83.7 Å². The Hall–Kier alpha value is -1.39. The fourth-order valence-electron chi connectivity index (χ4n) is 3.68. The quantitative estimate of drug-likeness (QED) is 0.418. The minimum atomic E-state index is -0.463. The van der Waals surface area contributed by atoms with Gasteiger partial charge in [0.05, 0.1) is 12.2 Å². The number of fused-ring (bicyclic) bond motifs is 2. The summed E-state index contributed by atoms with van der Waals surface area (Å²) in [5.74, 6) is -0.196. The SMILES string of the molecule is CC1=C2CC/C(C)=C/C[C@H](O)[C@@]3(C)O[C@@H]3CC/C(C)=C/[C@@H]2OC1=O. The van der Waals surface area contributed by atoms with Crippen LogP contribution in [0.1, 0.15) is 59.8 Å². The predicted octanol–water partition coefficient (Wildman–Crippen LogP) is 3.60. The first-order valence-corrected chi connectivity index (χ1v) is 8.90. The normalized spacial score (nSPS) is 42.0. The van der Waals surface area contributed by atoms with Crippen molar-refractivity contribution in [1.82, 2.24) is 0 Å². The second-order valence-electron chi connectivity index (χ2n) is 7.62. The summed E-state index contributed by atoms with van der Waals surface area (Å²) in [4.78, 5) is 11.9. The van der Waals surface area contributed by atoms with E-state index in [-0.39, 0.29) is 18.2 Å². The van der Waals surface area contributed by atoms with Gasteiger partial charge in [-0.25, -0.2) is 4.79 Å². The minimum absolute atomic E-state index is 0.107. The van der Waals surface area contributed by atoms with Gasteiger partial charge in [0, 0.05) is 5.57 Å². The van der Waals surface area contributed by atoms with Crippen LogP contribution in [0.5, 0.6) is 0 Å². The Bertz CT molecular complexity index is 628. The predicted molar refractivity (Wildman–Crippen MR) is 92.5 cm³/mol. The molecule has 4 atom stereocenters. The van der Waals surface area contributed by atoms with E-state index in [1.165, 1.54) is 11.1 Å². The summed E-state index contributed by atoms with van der Waals surface area (Å²) in [5, 5.41) is 10.4. The third-order valence-corrected chi connectivity index (χ3v) is 5.72. The van der Waals surface area contributed by atoms with Crippen molar-refractivity contribution in [3.63, 3.8) is 0 Å². The van der Waals surface area contributed by atoms with E-state index in [0.29, 0.717) is 6.42 Å². The van der Waals surface area contributed by atoms with Crippen molar-refractivity contribution in [3.8, 4) is 0 Å². The molecule has 0 saturated carbocycles. The molecule has 3 aliphatic rings. The zero-order chi connectivity index (χ0) is 17.5. The van der Waals surface area contributed by atoms with Crippen LogP contribution < -0.4 is 0 Å². The van der Waals surface area contributed by atoms with Crippen LogP contribution in [0.25, 0.3) is 0 Å². The first kappa shape index (κ1) is 17.4. The highest BCUT2D eigenvalue weighted by molar-refractivity contribution is 5.92. The molecule has 0 aromatic carbocycles. The van der Waals surface area contributed by atoms with Crippen LogP contribution in [0.4, 0.5) is 0 Å². The van der Waals surface area contributed by atoms with Crippen LogP contribution in [0, 0.1) is 0 Å². The Morgan fingerprint density at radius 1 is 1.17 bits per heavy atom. The van der Waals surface area contributed by atoms with Crippen LogP contribution >= 0.6 is 0 Å². The van der Waals surface area contributed by atoms with Crippen molar-refractivity contribution in [2.24, 2.45) is 0 Å². The number of hydrogen-bond acceptors (Lipinski definition) is 4. The molecule has 4 nitrogen and oxygen atoms in total. The van der Waals surface area contributed by atoms with Crippen molar-refractivity contribution in [2.75, 3.05) is 0 Å². The van der Waals surface area contributed by atoms with Crippen LogP contribution in [-0.2, 0) is 14.3 Å². The summed E-state index contributed by atoms with van der Waals surface area (Å²) in [7, 11) is 0. The lowest BCUT2D eigenvalue weighted by molar-refractivity contribution is -0.138. The van der Waals surface area contributed by atoms with Crippen molar-refractivity contribution in [3.05, 3.63) is 34.4 Å². The highest BCUT2D eigenvalue weighted by Crippen LogP contribution is 2.44. The number of aliphatic hydroxyl groups is 1. The molecule has 0 aromatic rings. The molecule has 1 saturated heterocycles. The molecule has 3 rings (SSSR count). The van der Waals surface area contributed by atoms with Crippen LogP contribution in [0.2, 0.25) is 0 Å². The van der Waals surface area contributed by atoms with Gasteiger partial charge in [0.1, 0.15) is 11.7 Å². The molecule has 0 unspecified atom stereocenters. The van der Waals surface area contributed by atoms with E-state index >= 15 is 0 Å². The maximum Gasteiger partial charge on any atom is 0.334 e. The van der Waals surface area contributed by atoms with Gasteiger partial charge < -0.3 is 14.6 Å². The van der Waals surface area contributed by atoms with E-state index < -0.39 is 11.7 Å². The summed E-state index contributed by atoms with van der Waals surface area (Å²) < 4.78 is 11.3. The molecule has 0 aromatic heterocycles. The molecule has 1 fully saturated rings. The van der Waals surface area contributed by atoms with Gasteiger partial charge in [-0.05, 0) is 71.4 Å². The fraction of sp³-hybridized carbons (Fsp3) is 0.650. The third-order valence-electron chi connectivity index (χ3n) is 5.72. The molecular weight excluding hydrogens is 304 g/mol. The third kappa shape index (κ3) is 3.35. The molecule has 2 heterocycles. The molecule has 0 spiro atoms. The molecule has 0 bridgehead atoms. The zero-order valence-corrected chi connectivity index (χ0v) is 15.1. The van der Waals surface area contributed by atoms with Crippen molar-refractivity contribution < 1.29 is 19.4 Å². The maximum absolute atomic E-state index is 11.9. The number of ether oxygens (including phenoxy) is 2. The molecular formula is C20H28O4. The number of carbonyl (C=O) groups is 1. The van der Waals surface area contributed by atoms with Crippen LogP contribution in [-0.4, -0.2) is 35.0 Å². The lowest BCUT2D eigenvalue weighted by Crippen LogP contribution is -2.28. The van der Waals surface area contributed by atoms with Gasteiger partial charge in [0.25, 0.3) is 0 Å². The molecule has 1 N–H and O–H groups in total. The molecule has 1 aliphatic carbocycles. The van der Waals surface area contributed by atoms with Gasteiger partial charge in [-0.15, -0.1) is 0 Å². The Labute approximate surface area is 144 Å². The molecule has 132 valence electrons. The molecule has 24 heavy (non-hydrogen) atoms. The monoisotopic (exact) mass is 332 g/mol. The van der Waals surface area contributed by atoms with Gasteiger partial charge in [0.2, 0.25) is 0 Å². The highest BCUT2D eigenvalue weighted by Gasteiger charge is 2.56. The first-order chi connectivity index (χ1) is 11.3. The van der Waals surface area contributed by atoms with Crippen LogP contribution in [0.15, 0.2) is 34.4 Å². The summed E-state index contributed by atoms with van der Waals surface area (Å²) in [6.45, 7) is 8.01. The number of hydrogen-bond donors (Lipinski definition) is 1. The number of aliphatic hydroxyl groups excluding tert-OH is 1. The summed E-state index contributed by atoms with van der Waals surface area (Å²) in [6.07, 6.45) is 7.69.